The Labute approximate surface area is 111 Å². The standard InChI is InChI=1S/C13H18N2O4/c1-3-7-14-9-10(2)19-13(16)11-5-4-6-12(8-11)15(17)18/h4-6,8,10,14H,3,7,9H2,1-2H3. The van der Waals surface area contributed by atoms with Gasteiger partial charge in [-0.25, -0.2) is 4.79 Å². The lowest BCUT2D eigenvalue weighted by molar-refractivity contribution is -0.384. The Morgan fingerprint density at radius 3 is 2.89 bits per heavy atom. The minimum atomic E-state index is -0.547. The number of nitro groups is 1. The Balaban J connectivity index is 2.57. The zero-order valence-electron chi connectivity index (χ0n) is 11.1. The molecule has 0 aliphatic carbocycles. The molecule has 1 aromatic rings. The van der Waals surface area contributed by atoms with E-state index in [1.165, 1.54) is 24.3 Å². The second kappa shape index (κ2) is 7.48. The first-order chi connectivity index (χ1) is 9.04. The number of esters is 1. The molecule has 19 heavy (non-hydrogen) atoms. The highest BCUT2D eigenvalue weighted by atomic mass is 16.6. The summed E-state index contributed by atoms with van der Waals surface area (Å²) in [4.78, 5) is 21.9. The van der Waals surface area contributed by atoms with E-state index in [1.54, 1.807) is 6.92 Å². The van der Waals surface area contributed by atoms with E-state index in [4.69, 9.17) is 4.74 Å². The maximum Gasteiger partial charge on any atom is 0.338 e. The monoisotopic (exact) mass is 266 g/mol. The molecule has 0 saturated carbocycles. The summed E-state index contributed by atoms with van der Waals surface area (Å²) in [6.45, 7) is 5.25. The molecule has 6 nitrogen and oxygen atoms in total. The van der Waals surface area contributed by atoms with Gasteiger partial charge in [0.1, 0.15) is 6.10 Å². The Morgan fingerprint density at radius 1 is 1.53 bits per heavy atom. The van der Waals surface area contributed by atoms with E-state index in [9.17, 15) is 14.9 Å². The summed E-state index contributed by atoms with van der Waals surface area (Å²) in [6, 6.07) is 5.52. The van der Waals surface area contributed by atoms with Crippen molar-refractivity contribution in [2.45, 2.75) is 26.4 Å². The van der Waals surface area contributed by atoms with Gasteiger partial charge in [-0.1, -0.05) is 13.0 Å². The Bertz CT molecular complexity index is 448. The number of hydrogen-bond donors (Lipinski definition) is 1. The van der Waals surface area contributed by atoms with Crippen molar-refractivity contribution in [2.24, 2.45) is 0 Å². The third-order valence-electron chi connectivity index (χ3n) is 2.46. The number of nitrogens with one attached hydrogen (secondary N) is 1. The summed E-state index contributed by atoms with van der Waals surface area (Å²) in [5.41, 5.74) is 0.0720. The predicted octanol–water partition coefficient (Wildman–Crippen LogP) is 2.14. The number of carbonyl (C=O) groups excluding carboxylic acids is 1. The quantitative estimate of drug-likeness (QED) is 0.354. The zero-order valence-corrected chi connectivity index (χ0v) is 11.1. The second-order valence-corrected chi connectivity index (χ2v) is 4.23. The van der Waals surface area contributed by atoms with Crippen LogP contribution in [0.25, 0.3) is 0 Å². The summed E-state index contributed by atoms with van der Waals surface area (Å²) >= 11 is 0. The second-order valence-electron chi connectivity index (χ2n) is 4.23. The smallest absolute Gasteiger partial charge is 0.338 e. The molecule has 1 unspecified atom stereocenters. The summed E-state index contributed by atoms with van der Waals surface area (Å²) in [5.74, 6) is -0.547. The van der Waals surface area contributed by atoms with Crippen molar-refractivity contribution in [3.63, 3.8) is 0 Å². The van der Waals surface area contributed by atoms with E-state index in [0.29, 0.717) is 6.54 Å². The SMILES string of the molecule is CCCNCC(C)OC(=O)c1cccc([N+](=O)[O-])c1. The molecule has 0 aliphatic heterocycles. The first kappa shape index (κ1) is 15.1. The summed E-state index contributed by atoms with van der Waals surface area (Å²) < 4.78 is 5.19. The van der Waals surface area contributed by atoms with E-state index in [-0.39, 0.29) is 17.4 Å². The molecule has 0 spiro atoms. The van der Waals surface area contributed by atoms with Crippen LogP contribution in [0.15, 0.2) is 24.3 Å². The van der Waals surface area contributed by atoms with Crippen LogP contribution in [0.4, 0.5) is 5.69 Å². The highest BCUT2D eigenvalue weighted by Crippen LogP contribution is 2.14. The van der Waals surface area contributed by atoms with Crippen LogP contribution in [-0.2, 0) is 4.74 Å². The van der Waals surface area contributed by atoms with E-state index in [1.807, 2.05) is 6.92 Å². The number of ether oxygens (including phenoxy) is 1. The van der Waals surface area contributed by atoms with Crippen LogP contribution < -0.4 is 5.32 Å². The highest BCUT2D eigenvalue weighted by molar-refractivity contribution is 5.90. The van der Waals surface area contributed by atoms with Gasteiger partial charge in [0.25, 0.3) is 5.69 Å². The molecule has 6 heteroatoms. The number of rotatable bonds is 7. The fraction of sp³-hybridized carbons (Fsp3) is 0.462. The number of nitro benzene ring substituents is 1. The molecule has 0 fully saturated rings. The van der Waals surface area contributed by atoms with Gasteiger partial charge < -0.3 is 10.1 Å². The fourth-order valence-electron chi connectivity index (χ4n) is 1.52. The topological polar surface area (TPSA) is 81.5 Å². The molecule has 0 bridgehead atoms. The van der Waals surface area contributed by atoms with Gasteiger partial charge in [0, 0.05) is 18.7 Å². The maximum atomic E-state index is 11.8. The molecule has 104 valence electrons. The molecule has 1 atom stereocenters. The van der Waals surface area contributed by atoms with Gasteiger partial charge in [0.15, 0.2) is 0 Å². The predicted molar refractivity (Wildman–Crippen MR) is 71.1 cm³/mol. The van der Waals surface area contributed by atoms with Gasteiger partial charge in [0.2, 0.25) is 0 Å². The molecule has 0 heterocycles. The third-order valence-corrected chi connectivity index (χ3v) is 2.46. The molecular formula is C13H18N2O4. The third kappa shape index (κ3) is 5.05. The van der Waals surface area contributed by atoms with E-state index in [2.05, 4.69) is 5.32 Å². The summed E-state index contributed by atoms with van der Waals surface area (Å²) in [6.07, 6.45) is 0.726. The lowest BCUT2D eigenvalue weighted by Gasteiger charge is -2.13. The molecule has 0 saturated heterocycles. The molecular weight excluding hydrogens is 248 g/mol. The van der Waals surface area contributed by atoms with Crippen molar-refractivity contribution in [1.82, 2.24) is 5.32 Å². The molecule has 0 aliphatic rings. The number of non-ortho nitro benzene ring substituents is 1. The van der Waals surface area contributed by atoms with E-state index in [0.717, 1.165) is 13.0 Å². The van der Waals surface area contributed by atoms with Crippen molar-refractivity contribution >= 4 is 11.7 Å². The molecule has 1 rings (SSSR count). The van der Waals surface area contributed by atoms with Crippen LogP contribution in [0.3, 0.4) is 0 Å². The normalized spacial score (nSPS) is 11.9. The van der Waals surface area contributed by atoms with Gasteiger partial charge in [-0.15, -0.1) is 0 Å². The van der Waals surface area contributed by atoms with Gasteiger partial charge >= 0.3 is 5.97 Å². The van der Waals surface area contributed by atoms with Crippen molar-refractivity contribution in [1.29, 1.82) is 0 Å². The van der Waals surface area contributed by atoms with Crippen LogP contribution in [-0.4, -0.2) is 30.1 Å². The average Bonchev–Trinajstić information content (AvgIpc) is 2.39. The van der Waals surface area contributed by atoms with Gasteiger partial charge in [-0.05, 0) is 26.0 Å². The Kier molecular flexibility index (Phi) is 5.95. The van der Waals surface area contributed by atoms with Gasteiger partial charge in [0.05, 0.1) is 10.5 Å². The molecule has 0 amide bonds. The van der Waals surface area contributed by atoms with Crippen LogP contribution >= 0.6 is 0 Å². The lowest BCUT2D eigenvalue weighted by Crippen LogP contribution is -2.29. The van der Waals surface area contributed by atoms with Gasteiger partial charge in [-0.3, -0.25) is 10.1 Å². The van der Waals surface area contributed by atoms with Crippen LogP contribution in [0.1, 0.15) is 30.6 Å². The molecule has 0 radical (unpaired) electrons. The maximum absolute atomic E-state index is 11.8. The van der Waals surface area contributed by atoms with Crippen molar-refractivity contribution in [3.8, 4) is 0 Å². The van der Waals surface area contributed by atoms with E-state index >= 15 is 0 Å². The largest absolute Gasteiger partial charge is 0.458 e. The number of nitrogens with zero attached hydrogens (tertiary/aromatic N) is 1. The zero-order chi connectivity index (χ0) is 14.3. The number of carbonyl (C=O) groups is 1. The van der Waals surface area contributed by atoms with Crippen LogP contribution in [0.2, 0.25) is 0 Å². The number of benzene rings is 1. The lowest BCUT2D eigenvalue weighted by atomic mass is 10.2. The molecule has 0 aromatic heterocycles. The molecule has 1 aromatic carbocycles. The van der Waals surface area contributed by atoms with Crippen LogP contribution in [0.5, 0.6) is 0 Å². The number of hydrogen-bond acceptors (Lipinski definition) is 5. The summed E-state index contributed by atoms with van der Waals surface area (Å²) in [7, 11) is 0. The average molecular weight is 266 g/mol. The first-order valence-electron chi connectivity index (χ1n) is 6.20. The molecule has 1 N–H and O–H groups in total. The van der Waals surface area contributed by atoms with E-state index < -0.39 is 10.9 Å². The fourth-order valence-corrected chi connectivity index (χ4v) is 1.52. The van der Waals surface area contributed by atoms with Crippen molar-refractivity contribution in [3.05, 3.63) is 39.9 Å². The van der Waals surface area contributed by atoms with Gasteiger partial charge in [-0.2, -0.15) is 0 Å². The Morgan fingerprint density at radius 2 is 2.26 bits per heavy atom. The van der Waals surface area contributed by atoms with Crippen molar-refractivity contribution < 1.29 is 14.5 Å². The Hall–Kier alpha value is -1.95. The van der Waals surface area contributed by atoms with Crippen LogP contribution in [0, 0.1) is 10.1 Å². The minimum Gasteiger partial charge on any atom is -0.458 e. The highest BCUT2D eigenvalue weighted by Gasteiger charge is 2.15. The van der Waals surface area contributed by atoms with Crippen molar-refractivity contribution in [2.75, 3.05) is 13.1 Å². The minimum absolute atomic E-state index is 0.119. The first-order valence-corrected chi connectivity index (χ1v) is 6.20. The summed E-state index contributed by atoms with van der Waals surface area (Å²) in [5, 5.41) is 13.8.